The minimum absolute atomic E-state index is 0.0363. The summed E-state index contributed by atoms with van der Waals surface area (Å²) >= 11 is 0. The molecule has 0 radical (unpaired) electrons. The Labute approximate surface area is 139 Å². The van der Waals surface area contributed by atoms with Gasteiger partial charge in [-0.3, -0.25) is 4.79 Å². The van der Waals surface area contributed by atoms with Crippen molar-refractivity contribution >= 4 is 17.4 Å². The molecule has 0 bridgehead atoms. The molecule has 1 aromatic heterocycles. The van der Waals surface area contributed by atoms with Crippen molar-refractivity contribution in [2.45, 2.75) is 19.3 Å². The van der Waals surface area contributed by atoms with E-state index in [9.17, 15) is 4.79 Å². The zero-order valence-corrected chi connectivity index (χ0v) is 13.2. The zero-order valence-electron chi connectivity index (χ0n) is 13.2. The molecule has 1 N–H and O–H groups in total. The van der Waals surface area contributed by atoms with Crippen LogP contribution in [0.1, 0.15) is 29.8 Å². The normalized spacial score (nSPS) is 16.1. The quantitative estimate of drug-likeness (QED) is 0.934. The Kier molecular flexibility index (Phi) is 3.90. The van der Waals surface area contributed by atoms with Gasteiger partial charge in [-0.1, -0.05) is 0 Å². The van der Waals surface area contributed by atoms with Gasteiger partial charge in [-0.15, -0.1) is 0 Å². The number of hydrogen-bond donors (Lipinski definition) is 1. The second-order valence-corrected chi connectivity index (χ2v) is 5.83. The molecule has 0 saturated carbocycles. The first kappa shape index (κ1) is 14.7. The number of rotatable bonds is 3. The summed E-state index contributed by atoms with van der Waals surface area (Å²) in [5, 5.41) is 3.17. The first-order chi connectivity index (χ1) is 11.8. The van der Waals surface area contributed by atoms with Crippen molar-refractivity contribution in [1.29, 1.82) is 0 Å². The van der Waals surface area contributed by atoms with Crippen molar-refractivity contribution in [3.63, 3.8) is 0 Å². The molecule has 0 spiro atoms. The predicted octanol–water partition coefficient (Wildman–Crippen LogP) is 2.58. The van der Waals surface area contributed by atoms with E-state index in [0.717, 1.165) is 37.4 Å². The SMILES string of the molecule is O=C(c1cc(Nc2ccc3c(c2)OCO3)ncn1)N1CCCCC1. The lowest BCUT2D eigenvalue weighted by Gasteiger charge is -2.26. The molecular weight excluding hydrogens is 308 g/mol. The van der Waals surface area contributed by atoms with Gasteiger partial charge in [0, 0.05) is 30.9 Å². The van der Waals surface area contributed by atoms with Gasteiger partial charge in [-0.2, -0.15) is 0 Å². The Hall–Kier alpha value is -2.83. The number of amides is 1. The number of likely N-dealkylation sites (tertiary alicyclic amines) is 1. The smallest absolute Gasteiger partial charge is 0.272 e. The maximum absolute atomic E-state index is 12.5. The van der Waals surface area contributed by atoms with Gasteiger partial charge in [-0.25, -0.2) is 9.97 Å². The van der Waals surface area contributed by atoms with Gasteiger partial charge in [0.05, 0.1) is 0 Å². The average molecular weight is 326 g/mol. The maximum Gasteiger partial charge on any atom is 0.272 e. The minimum atomic E-state index is -0.0363. The van der Waals surface area contributed by atoms with Crippen molar-refractivity contribution in [2.75, 3.05) is 25.2 Å². The predicted molar refractivity (Wildman–Crippen MR) is 87.6 cm³/mol. The number of fused-ring (bicyclic) bond motifs is 1. The van der Waals surface area contributed by atoms with Crippen LogP contribution in [-0.2, 0) is 0 Å². The number of piperidine rings is 1. The van der Waals surface area contributed by atoms with Crippen LogP contribution in [0, 0.1) is 0 Å². The highest BCUT2D eigenvalue weighted by molar-refractivity contribution is 5.93. The Bertz CT molecular complexity index is 759. The highest BCUT2D eigenvalue weighted by atomic mass is 16.7. The molecule has 3 heterocycles. The number of carbonyl (C=O) groups is 1. The van der Waals surface area contributed by atoms with Gasteiger partial charge in [0.15, 0.2) is 11.5 Å². The van der Waals surface area contributed by atoms with Gasteiger partial charge >= 0.3 is 0 Å². The Morgan fingerprint density at radius 3 is 2.75 bits per heavy atom. The molecule has 0 atom stereocenters. The highest BCUT2D eigenvalue weighted by Crippen LogP contribution is 2.34. The van der Waals surface area contributed by atoms with Crippen LogP contribution in [0.25, 0.3) is 0 Å². The molecule has 2 aliphatic rings. The van der Waals surface area contributed by atoms with E-state index >= 15 is 0 Å². The molecule has 7 heteroatoms. The lowest BCUT2D eigenvalue weighted by molar-refractivity contribution is 0.0718. The van der Waals surface area contributed by atoms with Gasteiger partial charge in [0.1, 0.15) is 17.8 Å². The Balaban J connectivity index is 1.51. The van der Waals surface area contributed by atoms with Crippen LogP contribution in [-0.4, -0.2) is 40.7 Å². The second kappa shape index (κ2) is 6.35. The van der Waals surface area contributed by atoms with Crippen molar-refractivity contribution in [2.24, 2.45) is 0 Å². The number of ether oxygens (including phenoxy) is 2. The van der Waals surface area contributed by atoms with E-state index in [4.69, 9.17) is 9.47 Å². The number of hydrogen-bond acceptors (Lipinski definition) is 6. The fourth-order valence-corrected chi connectivity index (χ4v) is 2.92. The van der Waals surface area contributed by atoms with E-state index in [2.05, 4.69) is 15.3 Å². The molecule has 7 nitrogen and oxygen atoms in total. The molecule has 1 aromatic carbocycles. The summed E-state index contributed by atoms with van der Waals surface area (Å²) < 4.78 is 10.7. The number of benzene rings is 1. The molecule has 0 unspecified atom stereocenters. The fraction of sp³-hybridized carbons (Fsp3) is 0.353. The van der Waals surface area contributed by atoms with Crippen LogP contribution in [0.4, 0.5) is 11.5 Å². The molecule has 2 aliphatic heterocycles. The van der Waals surface area contributed by atoms with Gasteiger partial charge in [0.25, 0.3) is 5.91 Å². The summed E-state index contributed by atoms with van der Waals surface area (Å²) in [4.78, 5) is 22.7. The second-order valence-electron chi connectivity index (χ2n) is 5.83. The third-order valence-corrected chi connectivity index (χ3v) is 4.17. The molecule has 0 aliphatic carbocycles. The summed E-state index contributed by atoms with van der Waals surface area (Å²) in [6, 6.07) is 7.24. The van der Waals surface area contributed by atoms with Crippen LogP contribution < -0.4 is 14.8 Å². The molecular formula is C17H18N4O3. The molecule has 2 aromatic rings. The van der Waals surface area contributed by atoms with Crippen LogP contribution >= 0.6 is 0 Å². The standard InChI is InChI=1S/C17H18N4O3/c22-17(21-6-2-1-3-7-21)13-9-16(19-10-18-13)20-12-4-5-14-15(8-12)24-11-23-14/h4-5,8-10H,1-3,6-7,11H2,(H,18,19,20). The van der Waals surface area contributed by atoms with E-state index in [0.29, 0.717) is 17.3 Å². The largest absolute Gasteiger partial charge is 0.454 e. The Morgan fingerprint density at radius 2 is 1.88 bits per heavy atom. The first-order valence-electron chi connectivity index (χ1n) is 8.07. The minimum Gasteiger partial charge on any atom is -0.454 e. The fourth-order valence-electron chi connectivity index (χ4n) is 2.92. The van der Waals surface area contributed by atoms with E-state index in [1.165, 1.54) is 12.7 Å². The third-order valence-electron chi connectivity index (χ3n) is 4.17. The number of anilines is 2. The summed E-state index contributed by atoms with van der Waals surface area (Å²) in [6.07, 6.45) is 4.70. The van der Waals surface area contributed by atoms with Crippen molar-refractivity contribution in [1.82, 2.24) is 14.9 Å². The first-order valence-corrected chi connectivity index (χ1v) is 8.07. The highest BCUT2D eigenvalue weighted by Gasteiger charge is 2.20. The molecule has 1 fully saturated rings. The van der Waals surface area contributed by atoms with Gasteiger partial charge in [0.2, 0.25) is 6.79 Å². The zero-order chi connectivity index (χ0) is 16.4. The van der Waals surface area contributed by atoms with Crippen molar-refractivity contribution in [3.05, 3.63) is 36.3 Å². The van der Waals surface area contributed by atoms with Crippen molar-refractivity contribution < 1.29 is 14.3 Å². The van der Waals surface area contributed by atoms with E-state index in [-0.39, 0.29) is 12.7 Å². The number of nitrogens with zero attached hydrogens (tertiary/aromatic N) is 3. The lowest BCUT2D eigenvalue weighted by Crippen LogP contribution is -2.36. The number of nitrogens with one attached hydrogen (secondary N) is 1. The molecule has 1 saturated heterocycles. The maximum atomic E-state index is 12.5. The summed E-state index contributed by atoms with van der Waals surface area (Å²) in [5.41, 5.74) is 1.23. The van der Waals surface area contributed by atoms with Crippen LogP contribution in [0.5, 0.6) is 11.5 Å². The monoisotopic (exact) mass is 326 g/mol. The van der Waals surface area contributed by atoms with Crippen molar-refractivity contribution in [3.8, 4) is 11.5 Å². The summed E-state index contributed by atoms with van der Waals surface area (Å²) in [7, 11) is 0. The molecule has 4 rings (SSSR count). The Morgan fingerprint density at radius 1 is 1.04 bits per heavy atom. The molecule has 24 heavy (non-hydrogen) atoms. The number of aromatic nitrogens is 2. The number of carbonyl (C=O) groups excluding carboxylic acids is 1. The van der Waals surface area contributed by atoms with E-state index in [1.807, 2.05) is 23.1 Å². The third kappa shape index (κ3) is 2.97. The van der Waals surface area contributed by atoms with Crippen LogP contribution in [0.2, 0.25) is 0 Å². The topological polar surface area (TPSA) is 76.6 Å². The summed E-state index contributed by atoms with van der Waals surface area (Å²) in [6.45, 7) is 1.84. The molecule has 1 amide bonds. The van der Waals surface area contributed by atoms with Crippen LogP contribution in [0.15, 0.2) is 30.6 Å². The van der Waals surface area contributed by atoms with Gasteiger partial charge < -0.3 is 19.7 Å². The molecule has 124 valence electrons. The summed E-state index contributed by atoms with van der Waals surface area (Å²) in [5.74, 6) is 1.96. The lowest BCUT2D eigenvalue weighted by atomic mass is 10.1. The van der Waals surface area contributed by atoms with Gasteiger partial charge in [-0.05, 0) is 31.4 Å². The average Bonchev–Trinajstić information content (AvgIpc) is 3.10. The van der Waals surface area contributed by atoms with E-state index < -0.39 is 0 Å². The van der Waals surface area contributed by atoms with Crippen LogP contribution in [0.3, 0.4) is 0 Å². The van der Waals surface area contributed by atoms with E-state index in [1.54, 1.807) is 6.07 Å².